The van der Waals surface area contributed by atoms with Crippen LogP contribution in [0.3, 0.4) is 0 Å². The van der Waals surface area contributed by atoms with Gasteiger partial charge in [-0.2, -0.15) is 0 Å². The molecule has 364 valence electrons. The number of amides is 2. The average Bonchev–Trinajstić information content (AvgIpc) is 4.17. The SMILES string of the molecule is CCN1CCN(c2ccc(Nc3nccc(-c4ccc(NC(=O)[C@@H]5CCCO5)cc4)n3)cc2)CC1.CCN1CCN(c2ccc(Nc3nccc(-c4ccc(NC(=O)[C@H]5CCCO5)cc4)n3)cc2)CC1. The molecule has 4 aliphatic rings. The number of nitrogens with zero attached hydrogens (tertiary/aromatic N) is 8. The van der Waals surface area contributed by atoms with E-state index in [0.717, 1.165) is 136 Å². The molecule has 2 aromatic heterocycles. The predicted octanol–water partition coefficient (Wildman–Crippen LogP) is 8.29. The van der Waals surface area contributed by atoms with E-state index in [1.165, 1.54) is 11.4 Å². The second kappa shape index (κ2) is 23.6. The molecule has 6 aromatic rings. The zero-order chi connectivity index (χ0) is 48.1. The van der Waals surface area contributed by atoms with Crippen molar-refractivity contribution in [1.82, 2.24) is 29.7 Å². The van der Waals surface area contributed by atoms with Crippen LogP contribution in [0.5, 0.6) is 0 Å². The van der Waals surface area contributed by atoms with E-state index in [1.54, 1.807) is 12.4 Å². The molecule has 4 fully saturated rings. The Bertz CT molecular complexity index is 2420. The summed E-state index contributed by atoms with van der Waals surface area (Å²) in [6.07, 6.45) is 6.23. The van der Waals surface area contributed by atoms with Crippen molar-refractivity contribution in [2.45, 2.75) is 51.7 Å². The Balaban J connectivity index is 0.000000174. The fourth-order valence-electron chi connectivity index (χ4n) is 9.04. The number of piperazine rings is 2. The van der Waals surface area contributed by atoms with E-state index in [-0.39, 0.29) is 24.0 Å². The number of nitrogens with one attached hydrogen (secondary N) is 4. The Morgan fingerprint density at radius 2 is 0.871 bits per heavy atom. The second-order valence-corrected chi connectivity index (χ2v) is 17.9. The minimum absolute atomic E-state index is 0.0852. The van der Waals surface area contributed by atoms with Gasteiger partial charge in [-0.25, -0.2) is 19.9 Å². The molecule has 4 saturated heterocycles. The maximum absolute atomic E-state index is 12.3. The average molecular weight is 945 g/mol. The highest BCUT2D eigenvalue weighted by atomic mass is 16.5. The number of hydrogen-bond acceptors (Lipinski definition) is 14. The Morgan fingerprint density at radius 3 is 1.21 bits per heavy atom. The highest BCUT2D eigenvalue weighted by molar-refractivity contribution is 5.95. The minimum atomic E-state index is -0.342. The summed E-state index contributed by atoms with van der Waals surface area (Å²) >= 11 is 0. The molecule has 70 heavy (non-hydrogen) atoms. The van der Waals surface area contributed by atoms with Crippen LogP contribution in [0.25, 0.3) is 22.5 Å². The van der Waals surface area contributed by atoms with Crippen LogP contribution in [0.1, 0.15) is 39.5 Å². The van der Waals surface area contributed by atoms with Crippen LogP contribution in [0.15, 0.2) is 122 Å². The zero-order valence-electron chi connectivity index (χ0n) is 40.2. The molecule has 0 saturated carbocycles. The summed E-state index contributed by atoms with van der Waals surface area (Å²) < 4.78 is 10.9. The number of rotatable bonds is 14. The van der Waals surface area contributed by atoms with E-state index < -0.39 is 0 Å². The lowest BCUT2D eigenvalue weighted by Crippen LogP contribution is -2.46. The number of carbonyl (C=O) groups is 2. The van der Waals surface area contributed by atoms with Crippen LogP contribution in [0.2, 0.25) is 0 Å². The molecule has 16 heteroatoms. The molecular weight excluding hydrogens is 881 g/mol. The van der Waals surface area contributed by atoms with E-state index in [0.29, 0.717) is 25.1 Å². The first kappa shape index (κ1) is 48.1. The van der Waals surface area contributed by atoms with Crippen molar-refractivity contribution in [3.05, 3.63) is 122 Å². The molecule has 10 rings (SSSR count). The Labute approximate surface area is 410 Å². The number of anilines is 8. The number of likely N-dealkylation sites (N-methyl/N-ethyl adjacent to an activating group) is 2. The number of ether oxygens (including phenoxy) is 2. The topological polar surface area (TPSA) is 165 Å². The van der Waals surface area contributed by atoms with Gasteiger partial charge in [-0.3, -0.25) is 9.59 Å². The van der Waals surface area contributed by atoms with Gasteiger partial charge in [-0.15, -0.1) is 0 Å². The maximum Gasteiger partial charge on any atom is 0.253 e. The first-order chi connectivity index (χ1) is 34.3. The lowest BCUT2D eigenvalue weighted by Gasteiger charge is -2.35. The van der Waals surface area contributed by atoms with Crippen molar-refractivity contribution < 1.29 is 19.1 Å². The van der Waals surface area contributed by atoms with E-state index in [2.05, 4.69) is 123 Å². The Kier molecular flexibility index (Phi) is 16.2. The lowest BCUT2D eigenvalue weighted by atomic mass is 10.1. The molecule has 6 heterocycles. The number of aromatic nitrogens is 4. The van der Waals surface area contributed by atoms with Gasteiger partial charge in [0.15, 0.2) is 0 Å². The molecule has 0 spiro atoms. The predicted molar refractivity (Wildman–Crippen MR) is 278 cm³/mol. The first-order valence-electron chi connectivity index (χ1n) is 24.8. The highest BCUT2D eigenvalue weighted by Gasteiger charge is 2.25. The van der Waals surface area contributed by atoms with Gasteiger partial charge < -0.3 is 50.3 Å². The quantitative estimate of drug-likeness (QED) is 0.0824. The summed E-state index contributed by atoms with van der Waals surface area (Å²) in [5, 5.41) is 12.5. The van der Waals surface area contributed by atoms with Crippen LogP contribution in [0, 0.1) is 0 Å². The largest absolute Gasteiger partial charge is 0.369 e. The van der Waals surface area contributed by atoms with Crippen LogP contribution in [-0.2, 0) is 19.1 Å². The van der Waals surface area contributed by atoms with E-state index in [4.69, 9.17) is 9.47 Å². The summed E-state index contributed by atoms with van der Waals surface area (Å²) in [5.41, 5.74) is 9.40. The Morgan fingerprint density at radius 1 is 0.500 bits per heavy atom. The zero-order valence-corrected chi connectivity index (χ0v) is 40.2. The molecule has 2 atom stereocenters. The van der Waals surface area contributed by atoms with Crippen molar-refractivity contribution in [3.8, 4) is 22.5 Å². The van der Waals surface area contributed by atoms with Crippen molar-refractivity contribution in [1.29, 1.82) is 0 Å². The molecular formula is C54H64N12O4. The van der Waals surface area contributed by atoms with Gasteiger partial charge in [0.25, 0.3) is 11.8 Å². The van der Waals surface area contributed by atoms with E-state index in [9.17, 15) is 9.59 Å². The maximum atomic E-state index is 12.3. The lowest BCUT2D eigenvalue weighted by molar-refractivity contribution is -0.125. The van der Waals surface area contributed by atoms with Gasteiger partial charge in [0, 0.05) is 123 Å². The third kappa shape index (κ3) is 12.8. The molecule has 16 nitrogen and oxygen atoms in total. The van der Waals surface area contributed by atoms with Crippen molar-refractivity contribution >= 4 is 57.8 Å². The molecule has 4 aromatic carbocycles. The number of carbonyl (C=O) groups excluding carboxylic acids is 2. The van der Waals surface area contributed by atoms with Gasteiger partial charge in [0.2, 0.25) is 11.9 Å². The van der Waals surface area contributed by atoms with Crippen LogP contribution in [-0.4, -0.2) is 132 Å². The number of hydrogen-bond donors (Lipinski definition) is 4. The van der Waals surface area contributed by atoms with Crippen LogP contribution >= 0.6 is 0 Å². The molecule has 4 aliphatic heterocycles. The highest BCUT2D eigenvalue weighted by Crippen LogP contribution is 2.27. The smallest absolute Gasteiger partial charge is 0.253 e. The first-order valence-corrected chi connectivity index (χ1v) is 24.8. The summed E-state index contributed by atoms with van der Waals surface area (Å²) in [7, 11) is 0. The fourth-order valence-corrected chi connectivity index (χ4v) is 9.04. The van der Waals surface area contributed by atoms with Crippen molar-refractivity contribution in [2.75, 3.05) is 110 Å². The third-order valence-electron chi connectivity index (χ3n) is 13.3. The standard InChI is InChI=1S/2C27H32N6O2/c2*1-2-32-15-17-33(18-16-32)23-11-9-22(10-12-23)30-27-28-14-13-24(31-27)20-5-7-21(8-6-20)29-26(34)25-4-3-19-35-25/h2*5-14,25H,2-4,15-19H2,1H3,(H,29,34)(H,28,30,31)/t2*25-/m10/s1. The monoisotopic (exact) mass is 945 g/mol. The van der Waals surface area contributed by atoms with E-state index >= 15 is 0 Å². The number of benzene rings is 4. The molecule has 0 radical (unpaired) electrons. The van der Waals surface area contributed by atoms with Gasteiger partial charge in [-0.1, -0.05) is 38.1 Å². The van der Waals surface area contributed by atoms with Crippen molar-refractivity contribution in [2.24, 2.45) is 0 Å². The summed E-state index contributed by atoms with van der Waals surface area (Å²) in [5.74, 6) is 0.918. The molecule has 0 aliphatic carbocycles. The second-order valence-electron chi connectivity index (χ2n) is 17.9. The molecule has 2 amide bonds. The van der Waals surface area contributed by atoms with Crippen molar-refractivity contribution in [3.63, 3.8) is 0 Å². The summed E-state index contributed by atoms with van der Waals surface area (Å²) in [6, 6.07) is 36.0. The van der Waals surface area contributed by atoms with Crippen LogP contribution < -0.4 is 31.1 Å². The van der Waals surface area contributed by atoms with Gasteiger partial charge in [-0.05, 0) is 124 Å². The van der Waals surface area contributed by atoms with Gasteiger partial charge in [0.1, 0.15) is 12.2 Å². The molecule has 0 unspecified atom stereocenters. The third-order valence-corrected chi connectivity index (χ3v) is 13.3. The molecule has 4 N–H and O–H groups in total. The van der Waals surface area contributed by atoms with E-state index in [1.807, 2.05) is 60.7 Å². The summed E-state index contributed by atoms with van der Waals surface area (Å²) in [4.78, 5) is 52.4. The normalized spacial score (nSPS) is 18.4. The minimum Gasteiger partial charge on any atom is -0.369 e. The van der Waals surface area contributed by atoms with Crippen LogP contribution in [0.4, 0.5) is 46.0 Å². The fraction of sp³-hybridized carbons (Fsp3) is 0.370. The van der Waals surface area contributed by atoms with Gasteiger partial charge >= 0.3 is 0 Å². The Hall–Kier alpha value is -6.98. The summed E-state index contributed by atoms with van der Waals surface area (Å²) in [6.45, 7) is 16.7. The molecule has 0 bridgehead atoms. The van der Waals surface area contributed by atoms with Gasteiger partial charge in [0.05, 0.1) is 11.4 Å².